The minimum atomic E-state index is -0.686. The van der Waals surface area contributed by atoms with Crippen molar-refractivity contribution in [1.82, 2.24) is 5.32 Å². The lowest BCUT2D eigenvalue weighted by Gasteiger charge is -2.26. The van der Waals surface area contributed by atoms with Crippen molar-refractivity contribution < 1.29 is 18.7 Å². The first-order chi connectivity index (χ1) is 11.5. The van der Waals surface area contributed by atoms with E-state index in [2.05, 4.69) is 5.32 Å². The second kappa shape index (κ2) is 7.18. The Bertz CT molecular complexity index is 717. The van der Waals surface area contributed by atoms with Gasteiger partial charge in [-0.2, -0.15) is 0 Å². The molecule has 1 aromatic carbocycles. The van der Waals surface area contributed by atoms with Crippen molar-refractivity contribution in [3.05, 3.63) is 47.5 Å². The molecule has 1 aromatic heterocycles. The van der Waals surface area contributed by atoms with Gasteiger partial charge >= 0.3 is 5.97 Å². The van der Waals surface area contributed by atoms with Gasteiger partial charge in [0.2, 0.25) is 0 Å². The van der Waals surface area contributed by atoms with Crippen LogP contribution in [0.15, 0.2) is 34.7 Å². The zero-order valence-corrected chi connectivity index (χ0v) is 13.7. The summed E-state index contributed by atoms with van der Waals surface area (Å²) in [5, 5.41) is 12.5. The second-order valence-corrected chi connectivity index (χ2v) is 6.45. The minimum Gasteiger partial charge on any atom is -0.481 e. The van der Waals surface area contributed by atoms with Gasteiger partial charge in [-0.1, -0.05) is 12.1 Å². The van der Waals surface area contributed by atoms with Crippen molar-refractivity contribution in [2.75, 3.05) is 0 Å². The number of halogens is 1. The lowest BCUT2D eigenvalue weighted by molar-refractivity contribution is -0.142. The van der Waals surface area contributed by atoms with Gasteiger partial charge in [0, 0.05) is 11.6 Å². The van der Waals surface area contributed by atoms with Crippen molar-refractivity contribution in [1.29, 1.82) is 0 Å². The van der Waals surface area contributed by atoms with Crippen LogP contribution in [0.4, 0.5) is 4.39 Å². The second-order valence-electron chi connectivity index (χ2n) is 6.45. The molecule has 1 saturated carbocycles. The van der Waals surface area contributed by atoms with E-state index in [1.54, 1.807) is 13.0 Å². The summed E-state index contributed by atoms with van der Waals surface area (Å²) in [5.41, 5.74) is 1.35. The lowest BCUT2D eigenvalue weighted by Crippen LogP contribution is -2.34. The SMILES string of the molecule is Cc1c(F)cccc1-c1ccc(CNC2CCC(C(=O)O)CC2)o1. The van der Waals surface area contributed by atoms with Gasteiger partial charge in [-0.05, 0) is 56.4 Å². The summed E-state index contributed by atoms with van der Waals surface area (Å²) in [6, 6.07) is 9.05. The summed E-state index contributed by atoms with van der Waals surface area (Å²) in [7, 11) is 0. The zero-order chi connectivity index (χ0) is 17.1. The Kier molecular flexibility index (Phi) is 5.00. The van der Waals surface area contributed by atoms with Crippen LogP contribution in [0.3, 0.4) is 0 Å². The number of carbonyl (C=O) groups is 1. The molecule has 0 spiro atoms. The molecule has 0 bridgehead atoms. The van der Waals surface area contributed by atoms with E-state index in [9.17, 15) is 9.18 Å². The molecule has 5 heteroatoms. The highest BCUT2D eigenvalue weighted by Gasteiger charge is 2.25. The van der Waals surface area contributed by atoms with Crippen molar-refractivity contribution in [3.8, 4) is 11.3 Å². The number of hydrogen-bond donors (Lipinski definition) is 2. The fraction of sp³-hybridized carbons (Fsp3) is 0.421. The van der Waals surface area contributed by atoms with Crippen LogP contribution >= 0.6 is 0 Å². The van der Waals surface area contributed by atoms with Gasteiger partial charge in [-0.3, -0.25) is 4.79 Å². The van der Waals surface area contributed by atoms with E-state index in [4.69, 9.17) is 9.52 Å². The fourth-order valence-corrected chi connectivity index (χ4v) is 3.28. The number of rotatable bonds is 5. The Balaban J connectivity index is 1.57. The maximum atomic E-state index is 13.7. The standard InChI is InChI=1S/C19H22FNO3/c1-12-16(3-2-4-17(12)20)18-10-9-15(24-18)11-21-14-7-5-13(6-8-14)19(22)23/h2-4,9-10,13-14,21H,5-8,11H2,1H3,(H,22,23). The number of furan rings is 1. The van der Waals surface area contributed by atoms with Crippen LogP contribution in [0.1, 0.15) is 37.0 Å². The van der Waals surface area contributed by atoms with Crippen LogP contribution in [0, 0.1) is 18.7 Å². The predicted molar refractivity (Wildman–Crippen MR) is 89.1 cm³/mol. The average molecular weight is 331 g/mol. The third-order valence-electron chi connectivity index (χ3n) is 4.84. The van der Waals surface area contributed by atoms with Gasteiger partial charge < -0.3 is 14.8 Å². The highest BCUT2D eigenvalue weighted by Crippen LogP contribution is 2.28. The van der Waals surface area contributed by atoms with Crippen LogP contribution in [-0.4, -0.2) is 17.1 Å². The van der Waals surface area contributed by atoms with Crippen LogP contribution in [0.2, 0.25) is 0 Å². The quantitative estimate of drug-likeness (QED) is 0.865. The lowest BCUT2D eigenvalue weighted by atomic mass is 9.86. The average Bonchev–Trinajstić information content (AvgIpc) is 3.04. The van der Waals surface area contributed by atoms with Gasteiger partial charge in [-0.15, -0.1) is 0 Å². The summed E-state index contributed by atoms with van der Waals surface area (Å²) >= 11 is 0. The molecule has 24 heavy (non-hydrogen) atoms. The van der Waals surface area contributed by atoms with Crippen LogP contribution in [0.5, 0.6) is 0 Å². The molecule has 0 aliphatic heterocycles. The highest BCUT2D eigenvalue weighted by molar-refractivity contribution is 5.70. The Morgan fingerprint density at radius 2 is 2.00 bits per heavy atom. The smallest absolute Gasteiger partial charge is 0.306 e. The van der Waals surface area contributed by atoms with Crippen LogP contribution < -0.4 is 5.32 Å². The van der Waals surface area contributed by atoms with Crippen LogP contribution in [0.25, 0.3) is 11.3 Å². The molecule has 4 nitrogen and oxygen atoms in total. The molecular formula is C19H22FNO3. The molecule has 0 amide bonds. The number of carboxylic acids is 1. The molecule has 2 N–H and O–H groups in total. The molecule has 0 unspecified atom stereocenters. The molecule has 1 fully saturated rings. The third-order valence-corrected chi connectivity index (χ3v) is 4.84. The van der Waals surface area contributed by atoms with Crippen molar-refractivity contribution in [3.63, 3.8) is 0 Å². The molecule has 0 saturated heterocycles. The largest absolute Gasteiger partial charge is 0.481 e. The molecular weight excluding hydrogens is 309 g/mol. The Labute approximate surface area is 140 Å². The first kappa shape index (κ1) is 16.7. The van der Waals surface area contributed by atoms with Gasteiger partial charge in [-0.25, -0.2) is 4.39 Å². The minimum absolute atomic E-state index is 0.200. The maximum absolute atomic E-state index is 13.7. The summed E-state index contributed by atoms with van der Waals surface area (Å²) in [4.78, 5) is 11.0. The molecule has 1 heterocycles. The molecule has 0 atom stereocenters. The van der Waals surface area contributed by atoms with Crippen molar-refractivity contribution >= 4 is 5.97 Å². The number of nitrogens with one attached hydrogen (secondary N) is 1. The number of aliphatic carboxylic acids is 1. The van der Waals surface area contributed by atoms with Crippen LogP contribution in [-0.2, 0) is 11.3 Å². The van der Waals surface area contributed by atoms with Crippen molar-refractivity contribution in [2.45, 2.75) is 45.2 Å². The number of benzene rings is 1. The molecule has 0 radical (unpaired) electrons. The molecule has 1 aliphatic carbocycles. The Morgan fingerprint density at radius 1 is 1.25 bits per heavy atom. The monoisotopic (exact) mass is 331 g/mol. The fourth-order valence-electron chi connectivity index (χ4n) is 3.28. The van der Waals surface area contributed by atoms with Gasteiger partial charge in [0.1, 0.15) is 17.3 Å². The first-order valence-corrected chi connectivity index (χ1v) is 8.35. The zero-order valence-electron chi connectivity index (χ0n) is 13.7. The summed E-state index contributed by atoms with van der Waals surface area (Å²) in [5.74, 6) is 0.343. The molecule has 1 aliphatic rings. The summed E-state index contributed by atoms with van der Waals surface area (Å²) in [6.45, 7) is 2.34. The van der Waals surface area contributed by atoms with E-state index in [0.29, 0.717) is 23.9 Å². The normalized spacial score (nSPS) is 20.9. The van der Waals surface area contributed by atoms with E-state index in [0.717, 1.165) is 37.0 Å². The maximum Gasteiger partial charge on any atom is 0.306 e. The summed E-state index contributed by atoms with van der Waals surface area (Å²) < 4.78 is 19.5. The first-order valence-electron chi connectivity index (χ1n) is 8.35. The van der Waals surface area contributed by atoms with Gasteiger partial charge in [0.15, 0.2) is 0 Å². The predicted octanol–water partition coefficient (Wildman–Crippen LogP) is 4.13. The Hall–Kier alpha value is -2.14. The molecule has 128 valence electrons. The molecule has 3 rings (SSSR count). The van der Waals surface area contributed by atoms with Gasteiger partial charge in [0.25, 0.3) is 0 Å². The Morgan fingerprint density at radius 3 is 2.71 bits per heavy atom. The van der Waals surface area contributed by atoms with E-state index in [-0.39, 0.29) is 11.7 Å². The summed E-state index contributed by atoms with van der Waals surface area (Å²) in [6.07, 6.45) is 3.18. The number of carboxylic acid groups (broad SMARTS) is 1. The third kappa shape index (κ3) is 3.67. The van der Waals surface area contributed by atoms with E-state index < -0.39 is 5.97 Å². The number of hydrogen-bond acceptors (Lipinski definition) is 3. The van der Waals surface area contributed by atoms with E-state index >= 15 is 0 Å². The topological polar surface area (TPSA) is 62.5 Å². The van der Waals surface area contributed by atoms with E-state index in [1.807, 2.05) is 18.2 Å². The van der Waals surface area contributed by atoms with Crippen molar-refractivity contribution in [2.24, 2.45) is 5.92 Å². The molecule has 2 aromatic rings. The van der Waals surface area contributed by atoms with E-state index in [1.165, 1.54) is 6.07 Å². The highest BCUT2D eigenvalue weighted by atomic mass is 19.1. The van der Waals surface area contributed by atoms with Gasteiger partial charge in [0.05, 0.1) is 12.5 Å².